The lowest BCUT2D eigenvalue weighted by atomic mass is 10.1. The lowest BCUT2D eigenvalue weighted by Crippen LogP contribution is -2.35. The number of carbonyl (C=O) groups excluding carboxylic acids is 1. The first-order valence-electron chi connectivity index (χ1n) is 7.80. The number of ether oxygens (including phenoxy) is 1. The van der Waals surface area contributed by atoms with Crippen LogP contribution < -0.4 is 9.46 Å². The van der Waals surface area contributed by atoms with Crippen molar-refractivity contribution in [1.29, 1.82) is 0 Å². The number of nitrogens with one attached hydrogen (secondary N) is 1. The number of rotatable bonds is 6. The van der Waals surface area contributed by atoms with Crippen LogP contribution in [0.25, 0.3) is 0 Å². The Labute approximate surface area is 151 Å². The van der Waals surface area contributed by atoms with E-state index in [0.29, 0.717) is 11.3 Å². The Morgan fingerprint density at radius 3 is 2.76 bits per heavy atom. The molecule has 0 spiro atoms. The third-order valence-corrected chi connectivity index (χ3v) is 5.33. The molecule has 1 amide bonds. The smallest absolute Gasteiger partial charge is 0.271 e. The number of sulfonamides is 1. The number of benzene rings is 1. The highest BCUT2D eigenvalue weighted by Crippen LogP contribution is 2.25. The molecule has 3 rings (SSSR count). The van der Waals surface area contributed by atoms with Crippen LogP contribution in [0.3, 0.4) is 0 Å². The number of fused-ring (bicyclic) bond motifs is 1. The summed E-state index contributed by atoms with van der Waals surface area (Å²) in [4.78, 5) is 15.7. The van der Waals surface area contributed by atoms with Crippen LogP contribution in [0.2, 0.25) is 5.15 Å². The fourth-order valence-electron chi connectivity index (χ4n) is 2.74. The Bertz CT molecular complexity index is 882. The van der Waals surface area contributed by atoms with Gasteiger partial charge in [-0.2, -0.15) is 0 Å². The molecule has 6 nitrogen and oxygen atoms in total. The molecule has 132 valence electrons. The Morgan fingerprint density at radius 2 is 2.00 bits per heavy atom. The van der Waals surface area contributed by atoms with E-state index in [4.69, 9.17) is 16.3 Å². The molecule has 0 aliphatic heterocycles. The summed E-state index contributed by atoms with van der Waals surface area (Å²) in [5.74, 6) is -0.514. The van der Waals surface area contributed by atoms with Crippen molar-refractivity contribution in [3.63, 3.8) is 0 Å². The minimum absolute atomic E-state index is 0.271. The third kappa shape index (κ3) is 4.93. The molecule has 2 aromatic rings. The average molecular weight is 381 g/mol. The van der Waals surface area contributed by atoms with Gasteiger partial charge in [0, 0.05) is 6.20 Å². The first-order valence-corrected chi connectivity index (χ1v) is 9.83. The van der Waals surface area contributed by atoms with Crippen LogP contribution in [0, 0.1) is 0 Å². The largest absolute Gasteiger partial charge is 0.484 e. The van der Waals surface area contributed by atoms with Gasteiger partial charge in [0.2, 0.25) is 10.0 Å². The molecule has 1 aromatic carbocycles. The van der Waals surface area contributed by atoms with Crippen molar-refractivity contribution < 1.29 is 17.9 Å². The zero-order valence-electron chi connectivity index (χ0n) is 13.4. The van der Waals surface area contributed by atoms with Gasteiger partial charge < -0.3 is 4.74 Å². The van der Waals surface area contributed by atoms with Crippen LogP contribution >= 0.6 is 11.6 Å². The number of carbonyl (C=O) groups is 1. The van der Waals surface area contributed by atoms with E-state index in [1.807, 2.05) is 16.9 Å². The number of hydrogen-bond acceptors (Lipinski definition) is 5. The van der Waals surface area contributed by atoms with Gasteiger partial charge in [-0.1, -0.05) is 23.7 Å². The summed E-state index contributed by atoms with van der Waals surface area (Å²) >= 11 is 5.66. The van der Waals surface area contributed by atoms with Gasteiger partial charge in [-0.15, -0.1) is 0 Å². The van der Waals surface area contributed by atoms with Crippen molar-refractivity contribution >= 4 is 27.5 Å². The molecule has 0 fully saturated rings. The molecular formula is C17H17ClN2O4S. The van der Waals surface area contributed by atoms with E-state index < -0.39 is 15.9 Å². The first-order chi connectivity index (χ1) is 11.9. The number of aromatic nitrogens is 1. The van der Waals surface area contributed by atoms with E-state index in [2.05, 4.69) is 4.98 Å². The summed E-state index contributed by atoms with van der Waals surface area (Å²) in [6.45, 7) is -0.364. The van der Waals surface area contributed by atoms with Crippen molar-refractivity contribution in [2.24, 2.45) is 0 Å². The molecular weight excluding hydrogens is 364 g/mol. The van der Waals surface area contributed by atoms with E-state index >= 15 is 0 Å². The minimum atomic E-state index is -3.82. The Morgan fingerprint density at radius 1 is 1.20 bits per heavy atom. The number of hydrogen-bond donors (Lipinski definition) is 1. The average Bonchev–Trinajstić information content (AvgIpc) is 3.02. The second-order valence-electron chi connectivity index (χ2n) is 5.85. The van der Waals surface area contributed by atoms with Crippen LogP contribution in [0.4, 0.5) is 0 Å². The highest BCUT2D eigenvalue weighted by atomic mass is 35.5. The van der Waals surface area contributed by atoms with Gasteiger partial charge in [-0.05, 0) is 54.2 Å². The van der Waals surface area contributed by atoms with E-state index in [-0.39, 0.29) is 17.5 Å². The van der Waals surface area contributed by atoms with Gasteiger partial charge in [0.25, 0.3) is 5.91 Å². The number of nitrogens with zero attached hydrogens (tertiary/aromatic N) is 1. The van der Waals surface area contributed by atoms with E-state index in [9.17, 15) is 13.2 Å². The zero-order valence-corrected chi connectivity index (χ0v) is 14.9. The molecule has 0 saturated heterocycles. The molecule has 0 saturated carbocycles. The Hall–Kier alpha value is -2.12. The normalized spacial score (nSPS) is 13.3. The second kappa shape index (κ2) is 7.41. The number of amides is 1. The maximum absolute atomic E-state index is 12.0. The summed E-state index contributed by atoms with van der Waals surface area (Å²) < 4.78 is 31.4. The molecule has 0 radical (unpaired) electrons. The molecule has 1 heterocycles. The second-order valence-corrected chi connectivity index (χ2v) is 7.96. The summed E-state index contributed by atoms with van der Waals surface area (Å²) in [6, 6.07) is 8.72. The van der Waals surface area contributed by atoms with Crippen molar-refractivity contribution in [2.45, 2.75) is 25.0 Å². The van der Waals surface area contributed by atoms with Crippen molar-refractivity contribution in [3.8, 4) is 5.75 Å². The summed E-state index contributed by atoms with van der Waals surface area (Å²) in [5, 5.41) is 0.271. The lowest BCUT2D eigenvalue weighted by Gasteiger charge is -2.09. The van der Waals surface area contributed by atoms with E-state index in [1.165, 1.54) is 23.4 Å². The maximum Gasteiger partial charge on any atom is 0.271 e. The van der Waals surface area contributed by atoms with Crippen LogP contribution in [0.5, 0.6) is 5.75 Å². The first kappa shape index (κ1) is 17.7. The van der Waals surface area contributed by atoms with Gasteiger partial charge in [0.15, 0.2) is 6.61 Å². The number of aryl methyl sites for hydroxylation is 2. The molecule has 1 aromatic heterocycles. The van der Waals surface area contributed by atoms with E-state index in [1.54, 1.807) is 12.1 Å². The lowest BCUT2D eigenvalue weighted by molar-refractivity contribution is -0.121. The Balaban J connectivity index is 1.53. The fourth-order valence-corrected chi connectivity index (χ4v) is 3.94. The summed E-state index contributed by atoms with van der Waals surface area (Å²) in [7, 11) is -3.82. The highest BCUT2D eigenvalue weighted by Gasteiger charge is 2.17. The van der Waals surface area contributed by atoms with Crippen LogP contribution in [-0.2, 0) is 33.4 Å². The standard InChI is InChI=1S/C17H17ClN2O4S/c18-16-7-4-12(9-19-16)11-25(22,23)20-17(21)10-24-15-6-5-13-2-1-3-14(13)8-15/h4-9H,1-3,10-11H2,(H,20,21). The molecule has 8 heteroatoms. The van der Waals surface area contributed by atoms with Gasteiger partial charge in [0.1, 0.15) is 10.9 Å². The summed E-state index contributed by atoms with van der Waals surface area (Å²) in [6.07, 6.45) is 4.54. The fraction of sp³-hybridized carbons (Fsp3) is 0.294. The topological polar surface area (TPSA) is 85.4 Å². The van der Waals surface area contributed by atoms with Crippen molar-refractivity contribution in [3.05, 3.63) is 58.4 Å². The molecule has 0 bridgehead atoms. The minimum Gasteiger partial charge on any atom is -0.484 e. The molecule has 1 N–H and O–H groups in total. The third-order valence-electron chi connectivity index (χ3n) is 3.85. The molecule has 1 aliphatic rings. The predicted octanol–water partition coefficient (Wildman–Crippen LogP) is 2.25. The van der Waals surface area contributed by atoms with Crippen LogP contribution in [0.15, 0.2) is 36.5 Å². The molecule has 25 heavy (non-hydrogen) atoms. The predicted molar refractivity (Wildman–Crippen MR) is 94.0 cm³/mol. The van der Waals surface area contributed by atoms with Crippen LogP contribution in [-0.4, -0.2) is 25.9 Å². The van der Waals surface area contributed by atoms with Gasteiger partial charge in [0.05, 0.1) is 5.75 Å². The SMILES string of the molecule is O=C(COc1ccc2c(c1)CCC2)NS(=O)(=O)Cc1ccc(Cl)nc1. The van der Waals surface area contributed by atoms with Crippen LogP contribution in [0.1, 0.15) is 23.1 Å². The molecule has 0 atom stereocenters. The highest BCUT2D eigenvalue weighted by molar-refractivity contribution is 7.89. The number of pyridine rings is 1. The number of halogens is 1. The van der Waals surface area contributed by atoms with Gasteiger partial charge >= 0.3 is 0 Å². The van der Waals surface area contributed by atoms with Crippen molar-refractivity contribution in [1.82, 2.24) is 9.71 Å². The summed E-state index contributed by atoms with van der Waals surface area (Å²) in [5.41, 5.74) is 2.96. The monoisotopic (exact) mass is 380 g/mol. The Kier molecular flexibility index (Phi) is 5.24. The van der Waals surface area contributed by atoms with Crippen molar-refractivity contribution in [2.75, 3.05) is 6.61 Å². The molecule has 1 aliphatic carbocycles. The molecule has 0 unspecified atom stereocenters. The van der Waals surface area contributed by atoms with E-state index in [0.717, 1.165) is 19.3 Å². The van der Waals surface area contributed by atoms with Gasteiger partial charge in [-0.25, -0.2) is 18.1 Å². The quantitative estimate of drug-likeness (QED) is 0.777. The maximum atomic E-state index is 12.0. The zero-order chi connectivity index (χ0) is 17.9. The van der Waals surface area contributed by atoms with Gasteiger partial charge in [-0.3, -0.25) is 4.79 Å².